The first kappa shape index (κ1) is 18.9. The van der Waals surface area contributed by atoms with Gasteiger partial charge in [0.05, 0.1) is 11.2 Å². The lowest BCUT2D eigenvalue weighted by molar-refractivity contribution is -0.0642. The molecule has 0 amide bonds. The van der Waals surface area contributed by atoms with Crippen molar-refractivity contribution in [2.24, 2.45) is 0 Å². The molecule has 0 heterocycles. The minimum atomic E-state index is -0.0895. The van der Waals surface area contributed by atoms with Crippen LogP contribution in [-0.2, 0) is 9.47 Å². The van der Waals surface area contributed by atoms with E-state index < -0.39 is 0 Å². The molecule has 2 atom stereocenters. The number of nitrogens with one attached hydrogen (secondary N) is 1. The molecule has 116 valence electrons. The smallest absolute Gasteiger partial charge is 0.0803 e. The van der Waals surface area contributed by atoms with Crippen molar-refractivity contribution in [1.29, 1.82) is 0 Å². The zero-order chi connectivity index (χ0) is 14.9. The third-order valence-corrected chi connectivity index (χ3v) is 4.14. The van der Waals surface area contributed by atoms with Crippen molar-refractivity contribution < 1.29 is 9.47 Å². The van der Waals surface area contributed by atoms with Crippen LogP contribution in [0.2, 0.25) is 0 Å². The van der Waals surface area contributed by atoms with E-state index in [0.717, 1.165) is 38.8 Å². The van der Waals surface area contributed by atoms with E-state index in [1.165, 1.54) is 0 Å². The highest BCUT2D eigenvalue weighted by molar-refractivity contribution is 4.90. The summed E-state index contributed by atoms with van der Waals surface area (Å²) in [5.41, 5.74) is -0.152. The van der Waals surface area contributed by atoms with Gasteiger partial charge in [-0.15, -0.1) is 0 Å². The first-order chi connectivity index (χ1) is 8.85. The molecule has 0 aromatic heterocycles. The maximum absolute atomic E-state index is 6.03. The molecule has 0 aromatic carbocycles. The third kappa shape index (κ3) is 6.73. The molecular formula is C16H35NO2. The highest BCUT2D eigenvalue weighted by Gasteiger charge is 2.34. The quantitative estimate of drug-likeness (QED) is 0.621. The van der Waals surface area contributed by atoms with Crippen LogP contribution in [0.15, 0.2) is 0 Å². The van der Waals surface area contributed by atoms with Gasteiger partial charge in [-0.1, -0.05) is 13.8 Å². The minimum absolute atomic E-state index is 0.0625. The lowest BCUT2D eigenvalue weighted by Crippen LogP contribution is -2.51. The van der Waals surface area contributed by atoms with Gasteiger partial charge in [-0.05, 0) is 59.9 Å². The van der Waals surface area contributed by atoms with Crippen LogP contribution in [0.1, 0.15) is 67.2 Å². The first-order valence-electron chi connectivity index (χ1n) is 7.77. The molecule has 0 bridgehead atoms. The lowest BCUT2D eigenvalue weighted by Gasteiger charge is -2.39. The maximum atomic E-state index is 6.03. The molecule has 0 aliphatic carbocycles. The Bertz CT molecular complexity index is 231. The van der Waals surface area contributed by atoms with Crippen molar-refractivity contribution in [3.63, 3.8) is 0 Å². The predicted molar refractivity (Wildman–Crippen MR) is 82.7 cm³/mol. The largest absolute Gasteiger partial charge is 0.379 e. The average molecular weight is 273 g/mol. The summed E-state index contributed by atoms with van der Waals surface area (Å²) in [4.78, 5) is 0. The fraction of sp³-hybridized carbons (Fsp3) is 1.00. The number of methoxy groups -OCH3 is 1. The van der Waals surface area contributed by atoms with Gasteiger partial charge in [0.15, 0.2) is 0 Å². The number of rotatable bonds is 11. The van der Waals surface area contributed by atoms with Crippen LogP contribution in [0.25, 0.3) is 0 Å². The van der Waals surface area contributed by atoms with Gasteiger partial charge >= 0.3 is 0 Å². The molecule has 0 saturated carbocycles. The van der Waals surface area contributed by atoms with E-state index >= 15 is 0 Å². The van der Waals surface area contributed by atoms with Crippen molar-refractivity contribution in [3.05, 3.63) is 0 Å². The van der Waals surface area contributed by atoms with Crippen molar-refractivity contribution in [3.8, 4) is 0 Å². The van der Waals surface area contributed by atoms with Crippen LogP contribution in [0.5, 0.6) is 0 Å². The topological polar surface area (TPSA) is 30.5 Å². The minimum Gasteiger partial charge on any atom is -0.379 e. The Morgan fingerprint density at radius 3 is 2.16 bits per heavy atom. The molecule has 0 rings (SSSR count). The molecule has 19 heavy (non-hydrogen) atoms. The van der Waals surface area contributed by atoms with E-state index in [9.17, 15) is 0 Å². The number of hydrogen-bond acceptors (Lipinski definition) is 3. The van der Waals surface area contributed by atoms with Gasteiger partial charge in [0.1, 0.15) is 0 Å². The first-order valence-corrected chi connectivity index (χ1v) is 7.77. The summed E-state index contributed by atoms with van der Waals surface area (Å²) in [6.07, 6.45) is 4.28. The van der Waals surface area contributed by atoms with Crippen molar-refractivity contribution in [2.75, 3.05) is 20.3 Å². The molecule has 0 radical (unpaired) electrons. The van der Waals surface area contributed by atoms with Gasteiger partial charge in [0.25, 0.3) is 0 Å². The molecule has 2 unspecified atom stereocenters. The number of ether oxygens (including phenoxy) is 2. The van der Waals surface area contributed by atoms with Gasteiger partial charge < -0.3 is 14.8 Å². The van der Waals surface area contributed by atoms with E-state index in [-0.39, 0.29) is 11.2 Å². The second-order valence-electron chi connectivity index (χ2n) is 6.11. The fourth-order valence-electron chi connectivity index (χ4n) is 2.31. The normalized spacial score (nSPS) is 17.2. The van der Waals surface area contributed by atoms with Gasteiger partial charge in [0, 0.05) is 19.8 Å². The zero-order valence-electron chi connectivity index (χ0n) is 14.1. The maximum Gasteiger partial charge on any atom is 0.0803 e. The second kappa shape index (κ2) is 8.93. The van der Waals surface area contributed by atoms with Crippen LogP contribution in [0, 0.1) is 0 Å². The third-order valence-electron chi connectivity index (χ3n) is 4.14. The molecule has 3 heteroatoms. The Kier molecular flexibility index (Phi) is 8.88. The van der Waals surface area contributed by atoms with Crippen LogP contribution in [-0.4, -0.2) is 37.5 Å². The van der Waals surface area contributed by atoms with Crippen molar-refractivity contribution in [2.45, 2.75) is 84.5 Å². The summed E-state index contributed by atoms with van der Waals surface area (Å²) in [5.74, 6) is 0. The molecular weight excluding hydrogens is 238 g/mol. The Morgan fingerprint density at radius 1 is 1.11 bits per heavy atom. The van der Waals surface area contributed by atoms with Crippen LogP contribution in [0.4, 0.5) is 0 Å². The molecule has 3 nitrogen and oxygen atoms in total. The Hall–Kier alpha value is -0.120. The molecule has 0 aliphatic rings. The van der Waals surface area contributed by atoms with Gasteiger partial charge in [-0.3, -0.25) is 0 Å². The van der Waals surface area contributed by atoms with Gasteiger partial charge in [-0.2, -0.15) is 0 Å². The van der Waals surface area contributed by atoms with E-state index in [1.54, 1.807) is 7.11 Å². The highest BCUT2D eigenvalue weighted by Crippen LogP contribution is 2.26. The standard InChI is InChI=1S/C16H35NO2/c1-8-13-17-14(11-12-15(4,5)18-7)16(6,9-2)19-10-3/h14,17H,8-13H2,1-7H3. The van der Waals surface area contributed by atoms with Crippen LogP contribution >= 0.6 is 0 Å². The molecule has 1 N–H and O–H groups in total. The summed E-state index contributed by atoms with van der Waals surface area (Å²) < 4.78 is 11.6. The lowest BCUT2D eigenvalue weighted by atomic mass is 9.86. The zero-order valence-corrected chi connectivity index (χ0v) is 14.1. The summed E-state index contributed by atoms with van der Waals surface area (Å²) in [6, 6.07) is 0.381. The fourth-order valence-corrected chi connectivity index (χ4v) is 2.31. The average Bonchev–Trinajstić information content (AvgIpc) is 2.38. The van der Waals surface area contributed by atoms with Gasteiger partial charge in [-0.25, -0.2) is 0 Å². The van der Waals surface area contributed by atoms with E-state index in [1.807, 2.05) is 0 Å². The molecule has 0 fully saturated rings. The van der Waals surface area contributed by atoms with E-state index in [0.29, 0.717) is 6.04 Å². The van der Waals surface area contributed by atoms with E-state index in [4.69, 9.17) is 9.47 Å². The summed E-state index contributed by atoms with van der Waals surface area (Å²) in [6.45, 7) is 14.8. The Labute approximate surface area is 120 Å². The van der Waals surface area contributed by atoms with Gasteiger partial charge in [0.2, 0.25) is 0 Å². The number of hydrogen-bond donors (Lipinski definition) is 1. The highest BCUT2D eigenvalue weighted by atomic mass is 16.5. The monoisotopic (exact) mass is 273 g/mol. The van der Waals surface area contributed by atoms with Crippen LogP contribution < -0.4 is 5.32 Å². The van der Waals surface area contributed by atoms with Crippen molar-refractivity contribution >= 4 is 0 Å². The summed E-state index contributed by atoms with van der Waals surface area (Å²) >= 11 is 0. The summed E-state index contributed by atoms with van der Waals surface area (Å²) in [7, 11) is 1.79. The molecule has 0 spiro atoms. The summed E-state index contributed by atoms with van der Waals surface area (Å²) in [5, 5.41) is 3.66. The van der Waals surface area contributed by atoms with E-state index in [2.05, 4.69) is 46.9 Å². The van der Waals surface area contributed by atoms with Crippen LogP contribution in [0.3, 0.4) is 0 Å². The predicted octanol–water partition coefficient (Wildman–Crippen LogP) is 3.77. The molecule has 0 aliphatic heterocycles. The molecule has 0 aromatic rings. The SMILES string of the molecule is CCCNC(CCC(C)(C)OC)C(C)(CC)OCC. The second-order valence-corrected chi connectivity index (χ2v) is 6.11. The Morgan fingerprint density at radius 2 is 1.74 bits per heavy atom. The van der Waals surface area contributed by atoms with Crippen molar-refractivity contribution in [1.82, 2.24) is 5.32 Å². The molecule has 0 saturated heterocycles. The Balaban J connectivity index is 4.68.